The van der Waals surface area contributed by atoms with Crippen LogP contribution in [0.1, 0.15) is 28.4 Å². The number of rotatable bonds is 3. The number of nitriles is 1. The number of amides is 1. The predicted molar refractivity (Wildman–Crippen MR) is 90.1 cm³/mol. The van der Waals surface area contributed by atoms with E-state index in [9.17, 15) is 13.2 Å². The topological polar surface area (TPSA) is 96.3 Å². The molecule has 0 radical (unpaired) electrons. The minimum absolute atomic E-state index is 0.0935. The molecule has 6 nitrogen and oxygen atoms in total. The summed E-state index contributed by atoms with van der Waals surface area (Å²) in [7, 11) is -4.11. The van der Waals surface area contributed by atoms with E-state index in [2.05, 4.69) is 4.72 Å². The second-order valence-corrected chi connectivity index (χ2v) is 7.41. The van der Waals surface area contributed by atoms with Gasteiger partial charge in [0.15, 0.2) is 6.10 Å². The van der Waals surface area contributed by atoms with Gasteiger partial charge in [-0.15, -0.1) is 0 Å². The third-order valence-electron chi connectivity index (χ3n) is 4.07. The van der Waals surface area contributed by atoms with Gasteiger partial charge in [0.1, 0.15) is 0 Å². The highest BCUT2D eigenvalue weighted by molar-refractivity contribution is 7.90. The largest absolute Gasteiger partial charge is 0.363 e. The maximum Gasteiger partial charge on any atom is 0.267 e. The van der Waals surface area contributed by atoms with E-state index in [0.29, 0.717) is 24.2 Å². The first-order valence-corrected chi connectivity index (χ1v) is 9.17. The van der Waals surface area contributed by atoms with Crippen molar-refractivity contribution in [1.82, 2.24) is 4.72 Å². The van der Waals surface area contributed by atoms with Gasteiger partial charge in [0.05, 0.1) is 23.1 Å². The first-order chi connectivity index (χ1) is 11.9. The van der Waals surface area contributed by atoms with E-state index < -0.39 is 22.0 Å². The number of sulfonamides is 1. The van der Waals surface area contributed by atoms with E-state index in [1.54, 1.807) is 19.1 Å². The maximum absolute atomic E-state index is 12.6. The Kier molecular flexibility index (Phi) is 4.57. The summed E-state index contributed by atoms with van der Waals surface area (Å²) in [6.45, 7) is 1.95. The third-order valence-corrected chi connectivity index (χ3v) is 5.56. The summed E-state index contributed by atoms with van der Waals surface area (Å²) in [5.41, 5.74) is 2.29. The Hall–Kier alpha value is -2.69. The van der Waals surface area contributed by atoms with Gasteiger partial charge in [-0.3, -0.25) is 4.79 Å². The fourth-order valence-electron chi connectivity index (χ4n) is 2.81. The molecule has 7 heteroatoms. The van der Waals surface area contributed by atoms with Crippen LogP contribution in [0.25, 0.3) is 0 Å². The van der Waals surface area contributed by atoms with Crippen LogP contribution in [-0.2, 0) is 26.0 Å². The minimum atomic E-state index is -4.11. The molecule has 1 amide bonds. The molecule has 128 valence electrons. The lowest BCUT2D eigenvalue weighted by atomic mass is 9.97. The molecule has 0 spiro atoms. The fourth-order valence-corrected chi connectivity index (χ4v) is 4.07. The van der Waals surface area contributed by atoms with Crippen LogP contribution in [0.4, 0.5) is 0 Å². The summed E-state index contributed by atoms with van der Waals surface area (Å²) in [6.07, 6.45) is -0.296. The molecule has 0 saturated heterocycles. The molecule has 1 atom stereocenters. The van der Waals surface area contributed by atoms with E-state index >= 15 is 0 Å². The predicted octanol–water partition coefficient (Wildman–Crippen LogP) is 1.99. The smallest absolute Gasteiger partial charge is 0.267 e. The zero-order valence-electron chi connectivity index (χ0n) is 13.5. The molecule has 1 heterocycles. The number of hydrogen-bond donors (Lipinski definition) is 1. The summed E-state index contributed by atoms with van der Waals surface area (Å²) in [5, 5.41) is 8.96. The summed E-state index contributed by atoms with van der Waals surface area (Å²) >= 11 is 0. The average molecular weight is 356 g/mol. The van der Waals surface area contributed by atoms with Crippen LogP contribution < -0.4 is 4.72 Å². The molecule has 1 aliphatic rings. The van der Waals surface area contributed by atoms with Crippen molar-refractivity contribution in [2.75, 3.05) is 6.61 Å². The Morgan fingerprint density at radius 3 is 2.80 bits per heavy atom. The van der Waals surface area contributed by atoms with Gasteiger partial charge in [0.25, 0.3) is 15.9 Å². The molecule has 1 N–H and O–H groups in total. The van der Waals surface area contributed by atoms with Gasteiger partial charge in [-0.05, 0) is 42.2 Å². The van der Waals surface area contributed by atoms with Gasteiger partial charge < -0.3 is 4.74 Å². The number of nitrogens with zero attached hydrogens (tertiary/aromatic N) is 1. The van der Waals surface area contributed by atoms with Crippen molar-refractivity contribution in [3.05, 3.63) is 64.7 Å². The molecule has 0 fully saturated rings. The molecule has 0 aliphatic carbocycles. The van der Waals surface area contributed by atoms with Crippen LogP contribution in [0.5, 0.6) is 0 Å². The van der Waals surface area contributed by atoms with E-state index in [1.807, 2.05) is 18.2 Å². The molecular formula is C18H16N2O4S. The molecule has 1 aliphatic heterocycles. The Morgan fingerprint density at radius 2 is 2.04 bits per heavy atom. The van der Waals surface area contributed by atoms with Gasteiger partial charge in [-0.1, -0.05) is 30.3 Å². The van der Waals surface area contributed by atoms with E-state index in [1.165, 1.54) is 18.2 Å². The van der Waals surface area contributed by atoms with Crippen molar-refractivity contribution in [1.29, 1.82) is 5.26 Å². The Labute approximate surface area is 146 Å². The number of carbonyl (C=O) groups is 1. The molecule has 3 rings (SSSR count). The number of nitrogens with one attached hydrogen (secondary N) is 1. The molecule has 0 unspecified atom stereocenters. The lowest BCUT2D eigenvalue weighted by Gasteiger charge is -2.25. The maximum atomic E-state index is 12.6. The second-order valence-electron chi connectivity index (χ2n) is 5.76. The number of aryl methyl sites for hydroxylation is 1. The standard InChI is InChI=1S/C18H16N2O4S/c1-12-6-7-13(11-19)10-16(12)25(22,23)20-18(21)17-15-5-3-2-4-14(15)8-9-24-17/h2-7,10,17H,8-9H2,1H3,(H,20,21)/t17-/m1/s1. The Morgan fingerprint density at radius 1 is 1.28 bits per heavy atom. The van der Waals surface area contributed by atoms with Crippen molar-refractivity contribution in [3.8, 4) is 6.07 Å². The van der Waals surface area contributed by atoms with Gasteiger partial charge in [0, 0.05) is 0 Å². The van der Waals surface area contributed by atoms with Gasteiger partial charge in [0.2, 0.25) is 0 Å². The number of fused-ring (bicyclic) bond motifs is 1. The van der Waals surface area contributed by atoms with Crippen LogP contribution >= 0.6 is 0 Å². The number of ether oxygens (including phenoxy) is 1. The van der Waals surface area contributed by atoms with Crippen molar-refractivity contribution in [3.63, 3.8) is 0 Å². The van der Waals surface area contributed by atoms with E-state index in [-0.39, 0.29) is 10.5 Å². The Bertz CT molecular complexity index is 977. The highest BCUT2D eigenvalue weighted by Gasteiger charge is 2.31. The van der Waals surface area contributed by atoms with Crippen LogP contribution in [-0.4, -0.2) is 20.9 Å². The summed E-state index contributed by atoms with van der Waals surface area (Å²) in [6, 6.07) is 13.5. The first-order valence-electron chi connectivity index (χ1n) is 7.69. The van der Waals surface area contributed by atoms with E-state index in [4.69, 9.17) is 10.00 Å². The SMILES string of the molecule is Cc1ccc(C#N)cc1S(=O)(=O)NC(=O)[C@@H]1OCCc2ccccc21. The quantitative estimate of drug-likeness (QED) is 0.907. The van der Waals surface area contributed by atoms with Gasteiger partial charge >= 0.3 is 0 Å². The molecule has 2 aromatic rings. The number of hydrogen-bond acceptors (Lipinski definition) is 5. The summed E-state index contributed by atoms with van der Waals surface area (Å²) in [5.74, 6) is -0.742. The Balaban J connectivity index is 1.90. The van der Waals surface area contributed by atoms with Crippen molar-refractivity contribution >= 4 is 15.9 Å². The van der Waals surface area contributed by atoms with Crippen LogP contribution in [0.15, 0.2) is 47.4 Å². The third kappa shape index (κ3) is 3.40. The minimum Gasteiger partial charge on any atom is -0.363 e. The average Bonchev–Trinajstić information content (AvgIpc) is 2.61. The van der Waals surface area contributed by atoms with Gasteiger partial charge in [-0.25, -0.2) is 13.1 Å². The lowest BCUT2D eigenvalue weighted by Crippen LogP contribution is -2.37. The lowest BCUT2D eigenvalue weighted by molar-refractivity contribution is -0.132. The monoisotopic (exact) mass is 356 g/mol. The zero-order chi connectivity index (χ0) is 18.0. The van der Waals surface area contributed by atoms with Crippen molar-refractivity contribution < 1.29 is 17.9 Å². The molecule has 0 saturated carbocycles. The molecule has 25 heavy (non-hydrogen) atoms. The zero-order valence-corrected chi connectivity index (χ0v) is 14.3. The highest BCUT2D eigenvalue weighted by atomic mass is 32.2. The number of carbonyl (C=O) groups excluding carboxylic acids is 1. The normalized spacial score (nSPS) is 16.6. The van der Waals surface area contributed by atoms with Crippen LogP contribution in [0.2, 0.25) is 0 Å². The highest BCUT2D eigenvalue weighted by Crippen LogP contribution is 2.27. The number of benzene rings is 2. The first kappa shape index (κ1) is 17.1. The molecular weight excluding hydrogens is 340 g/mol. The van der Waals surface area contributed by atoms with E-state index in [0.717, 1.165) is 5.56 Å². The van der Waals surface area contributed by atoms with Crippen LogP contribution in [0.3, 0.4) is 0 Å². The summed E-state index contributed by atoms with van der Waals surface area (Å²) in [4.78, 5) is 12.4. The molecule has 0 aromatic heterocycles. The molecule has 2 aromatic carbocycles. The second kappa shape index (κ2) is 6.67. The van der Waals surface area contributed by atoms with Crippen molar-refractivity contribution in [2.45, 2.75) is 24.3 Å². The van der Waals surface area contributed by atoms with Crippen molar-refractivity contribution in [2.24, 2.45) is 0 Å². The molecule has 0 bridgehead atoms. The van der Waals surface area contributed by atoms with Gasteiger partial charge in [-0.2, -0.15) is 5.26 Å². The van der Waals surface area contributed by atoms with Crippen LogP contribution in [0, 0.1) is 18.3 Å². The summed E-state index contributed by atoms with van der Waals surface area (Å²) < 4.78 is 32.7. The fraction of sp³-hybridized carbons (Fsp3) is 0.222.